The van der Waals surface area contributed by atoms with E-state index in [4.69, 9.17) is 0 Å². The number of pyridine rings is 2. The minimum Gasteiger partial charge on any atom is -0.353 e. The van der Waals surface area contributed by atoms with E-state index in [0.717, 1.165) is 39.3 Å². The van der Waals surface area contributed by atoms with Gasteiger partial charge < -0.3 is 4.98 Å². The van der Waals surface area contributed by atoms with Gasteiger partial charge in [0.2, 0.25) is 10.0 Å². The van der Waals surface area contributed by atoms with E-state index in [9.17, 15) is 12.8 Å². The third kappa shape index (κ3) is 4.55. The van der Waals surface area contributed by atoms with Crippen molar-refractivity contribution in [3.8, 4) is 33.9 Å². The molecule has 0 atom stereocenters. The highest BCUT2D eigenvalue weighted by molar-refractivity contribution is 7.88. The molecule has 0 bridgehead atoms. The van der Waals surface area contributed by atoms with Gasteiger partial charge in [-0.1, -0.05) is 0 Å². The Balaban J connectivity index is 1.44. The van der Waals surface area contributed by atoms with Crippen molar-refractivity contribution in [1.29, 1.82) is 0 Å². The van der Waals surface area contributed by atoms with Crippen LogP contribution in [-0.4, -0.2) is 49.8 Å². The first-order valence-electron chi connectivity index (χ1n) is 11.2. The van der Waals surface area contributed by atoms with Crippen LogP contribution in [0.4, 0.5) is 4.39 Å². The van der Waals surface area contributed by atoms with Gasteiger partial charge in [-0.25, -0.2) is 27.5 Å². The molecular weight excluding hydrogens is 495 g/mol. The van der Waals surface area contributed by atoms with Crippen molar-refractivity contribution in [2.75, 3.05) is 6.26 Å². The maximum Gasteiger partial charge on any atom is 0.209 e. The first-order chi connectivity index (χ1) is 17.8. The maximum atomic E-state index is 14.5. The Labute approximate surface area is 210 Å². The zero-order valence-corrected chi connectivity index (χ0v) is 20.2. The molecule has 0 saturated heterocycles. The fraction of sp³-hybridized carbons (Fsp3) is 0.0800. The highest BCUT2D eigenvalue weighted by Gasteiger charge is 2.16. The third-order valence-corrected chi connectivity index (χ3v) is 6.55. The molecule has 0 aliphatic carbocycles. The standard InChI is InChI=1S/C25H19FN8O2S/c1-37(35,36)31-9-14-4-15(6-17(26)5-14)24-18-8-22(32-20(18)2-3-29-24)25-19-7-21(16-10-27-13-28-11-16)30-12-23(19)33-34-25/h2-8,10-13,31-32H,9H2,1H3,(H,33,34). The van der Waals surface area contributed by atoms with Gasteiger partial charge in [0.25, 0.3) is 0 Å². The molecule has 0 amide bonds. The molecule has 10 nitrogen and oxygen atoms in total. The monoisotopic (exact) mass is 514 g/mol. The van der Waals surface area contributed by atoms with Gasteiger partial charge in [-0.15, -0.1) is 0 Å². The molecule has 0 aliphatic heterocycles. The maximum absolute atomic E-state index is 14.5. The van der Waals surface area contributed by atoms with Gasteiger partial charge in [0.1, 0.15) is 17.8 Å². The van der Waals surface area contributed by atoms with Crippen LogP contribution in [0, 0.1) is 5.82 Å². The zero-order chi connectivity index (χ0) is 25.6. The number of halogens is 1. The van der Waals surface area contributed by atoms with Crippen LogP contribution >= 0.6 is 0 Å². The second-order valence-corrected chi connectivity index (χ2v) is 10.4. The number of hydrogen-bond donors (Lipinski definition) is 3. The van der Waals surface area contributed by atoms with Crippen LogP contribution in [0.3, 0.4) is 0 Å². The molecule has 3 N–H and O–H groups in total. The summed E-state index contributed by atoms with van der Waals surface area (Å²) in [6.07, 6.45) is 9.26. The van der Waals surface area contributed by atoms with Crippen molar-refractivity contribution >= 4 is 31.8 Å². The number of fused-ring (bicyclic) bond motifs is 2. The van der Waals surface area contributed by atoms with E-state index in [1.165, 1.54) is 18.5 Å². The smallest absolute Gasteiger partial charge is 0.209 e. The number of sulfonamides is 1. The van der Waals surface area contributed by atoms with E-state index < -0.39 is 15.8 Å². The Morgan fingerprint density at radius 1 is 0.919 bits per heavy atom. The molecule has 5 heterocycles. The lowest BCUT2D eigenvalue weighted by Crippen LogP contribution is -2.21. The highest BCUT2D eigenvalue weighted by Crippen LogP contribution is 2.34. The first kappa shape index (κ1) is 22.9. The van der Waals surface area contributed by atoms with E-state index in [1.54, 1.807) is 30.9 Å². The summed E-state index contributed by atoms with van der Waals surface area (Å²) in [5.41, 5.74) is 6.06. The number of aromatic nitrogens is 7. The van der Waals surface area contributed by atoms with Crippen LogP contribution in [0.25, 0.3) is 55.7 Å². The van der Waals surface area contributed by atoms with Crippen LogP contribution in [0.1, 0.15) is 5.56 Å². The molecular formula is C25H19FN8O2S. The number of H-pyrrole nitrogens is 2. The normalized spacial score (nSPS) is 11.9. The Morgan fingerprint density at radius 2 is 1.73 bits per heavy atom. The molecule has 37 heavy (non-hydrogen) atoms. The summed E-state index contributed by atoms with van der Waals surface area (Å²) in [6.45, 7) is -0.0277. The summed E-state index contributed by atoms with van der Waals surface area (Å²) in [4.78, 5) is 20.5. The van der Waals surface area contributed by atoms with Crippen molar-refractivity contribution in [2.24, 2.45) is 0 Å². The quantitative estimate of drug-likeness (QED) is 0.307. The predicted molar refractivity (Wildman–Crippen MR) is 137 cm³/mol. The van der Waals surface area contributed by atoms with Gasteiger partial charge >= 0.3 is 0 Å². The van der Waals surface area contributed by atoms with E-state index in [1.807, 2.05) is 18.2 Å². The molecule has 12 heteroatoms. The summed E-state index contributed by atoms with van der Waals surface area (Å²) in [6, 6.07) is 10.1. The SMILES string of the molecule is CS(=O)(=O)NCc1cc(F)cc(-c2nccc3[nH]c(-c4n[nH]c5cnc(-c6cncnc6)cc45)cc23)c1. The molecule has 0 radical (unpaired) electrons. The van der Waals surface area contributed by atoms with E-state index in [-0.39, 0.29) is 6.54 Å². The summed E-state index contributed by atoms with van der Waals surface area (Å²) >= 11 is 0. The van der Waals surface area contributed by atoms with Gasteiger partial charge in [0.15, 0.2) is 0 Å². The second kappa shape index (κ2) is 8.84. The van der Waals surface area contributed by atoms with Crippen LogP contribution in [0.2, 0.25) is 0 Å². The lowest BCUT2D eigenvalue weighted by molar-refractivity contribution is 0.586. The number of rotatable bonds is 6. The van der Waals surface area contributed by atoms with Crippen molar-refractivity contribution < 1.29 is 12.8 Å². The highest BCUT2D eigenvalue weighted by atomic mass is 32.2. The van der Waals surface area contributed by atoms with Crippen LogP contribution in [0.15, 0.2) is 67.5 Å². The van der Waals surface area contributed by atoms with Crippen molar-refractivity contribution in [1.82, 2.24) is 39.8 Å². The number of nitrogens with zero attached hydrogens (tertiary/aromatic N) is 5. The largest absolute Gasteiger partial charge is 0.353 e. The van der Waals surface area contributed by atoms with Crippen LogP contribution in [0.5, 0.6) is 0 Å². The predicted octanol–water partition coefficient (Wildman–Crippen LogP) is 3.81. The molecule has 0 saturated carbocycles. The number of hydrogen-bond acceptors (Lipinski definition) is 7. The molecule has 184 valence electrons. The molecule has 5 aromatic heterocycles. The van der Waals surface area contributed by atoms with E-state index >= 15 is 0 Å². The third-order valence-electron chi connectivity index (χ3n) is 5.88. The molecule has 0 fully saturated rings. The van der Waals surface area contributed by atoms with Crippen molar-refractivity contribution in [3.63, 3.8) is 0 Å². The van der Waals surface area contributed by atoms with Gasteiger partial charge in [-0.05, 0) is 42.0 Å². The first-order valence-corrected chi connectivity index (χ1v) is 13.1. The Bertz CT molecular complexity index is 1880. The molecule has 1 aromatic carbocycles. The molecule has 0 aliphatic rings. The average Bonchev–Trinajstić information content (AvgIpc) is 3.51. The average molecular weight is 515 g/mol. The minimum absolute atomic E-state index is 0.0277. The lowest BCUT2D eigenvalue weighted by atomic mass is 10.0. The molecule has 0 unspecified atom stereocenters. The Morgan fingerprint density at radius 3 is 2.54 bits per heavy atom. The summed E-state index contributed by atoms with van der Waals surface area (Å²) in [7, 11) is -3.42. The second-order valence-electron chi connectivity index (χ2n) is 8.56. The minimum atomic E-state index is -3.42. The van der Waals surface area contributed by atoms with Gasteiger partial charge in [0.05, 0.1) is 35.1 Å². The summed E-state index contributed by atoms with van der Waals surface area (Å²) in [5.74, 6) is -0.486. The molecule has 6 aromatic rings. The fourth-order valence-corrected chi connectivity index (χ4v) is 4.66. The number of nitrogens with one attached hydrogen (secondary N) is 3. The summed E-state index contributed by atoms with van der Waals surface area (Å²) in [5, 5.41) is 9.14. The van der Waals surface area contributed by atoms with E-state index in [2.05, 4.69) is 39.8 Å². The Hall–Kier alpha value is -4.55. The van der Waals surface area contributed by atoms with Crippen molar-refractivity contribution in [2.45, 2.75) is 6.54 Å². The fourth-order valence-electron chi connectivity index (χ4n) is 4.23. The molecule has 0 spiro atoms. The molecule has 6 rings (SSSR count). The van der Waals surface area contributed by atoms with Crippen molar-refractivity contribution in [3.05, 3.63) is 78.9 Å². The van der Waals surface area contributed by atoms with Gasteiger partial charge in [-0.3, -0.25) is 15.1 Å². The van der Waals surface area contributed by atoms with Crippen LogP contribution < -0.4 is 4.72 Å². The Kier molecular flexibility index (Phi) is 5.46. The van der Waals surface area contributed by atoms with Crippen LogP contribution in [-0.2, 0) is 16.6 Å². The van der Waals surface area contributed by atoms with E-state index in [0.29, 0.717) is 28.2 Å². The number of aromatic amines is 2. The van der Waals surface area contributed by atoms with Gasteiger partial charge in [0, 0.05) is 52.6 Å². The topological polar surface area (TPSA) is 142 Å². The van der Waals surface area contributed by atoms with Gasteiger partial charge in [-0.2, -0.15) is 5.10 Å². The zero-order valence-electron chi connectivity index (χ0n) is 19.4. The number of benzene rings is 1. The summed E-state index contributed by atoms with van der Waals surface area (Å²) < 4.78 is 39.8. The lowest BCUT2D eigenvalue weighted by Gasteiger charge is -2.07.